The van der Waals surface area contributed by atoms with Crippen LogP contribution in [-0.2, 0) is 11.2 Å². The normalized spacial score (nSPS) is 20.8. The number of rotatable bonds is 3. The van der Waals surface area contributed by atoms with Crippen molar-refractivity contribution in [1.29, 1.82) is 0 Å². The Morgan fingerprint density at radius 1 is 1.10 bits per heavy atom. The van der Waals surface area contributed by atoms with Gasteiger partial charge in [0.2, 0.25) is 0 Å². The molecule has 2 N–H and O–H groups in total. The smallest absolute Gasteiger partial charge is 0.303 e. The zero-order chi connectivity index (χ0) is 13.9. The van der Waals surface area contributed by atoms with Crippen LogP contribution < -0.4 is 5.32 Å². The molecule has 0 aromatic heterocycles. The second kappa shape index (κ2) is 5.37. The van der Waals surface area contributed by atoms with Crippen LogP contribution in [0.2, 0.25) is 0 Å². The van der Waals surface area contributed by atoms with Crippen molar-refractivity contribution >= 4 is 11.7 Å². The molecular weight excluding hydrogens is 250 g/mol. The average Bonchev–Trinajstić information content (AvgIpc) is 2.47. The van der Waals surface area contributed by atoms with E-state index in [2.05, 4.69) is 29.6 Å². The van der Waals surface area contributed by atoms with Crippen molar-refractivity contribution < 1.29 is 9.90 Å². The monoisotopic (exact) mass is 267 g/mol. The van der Waals surface area contributed by atoms with Gasteiger partial charge in [0.25, 0.3) is 0 Å². The summed E-state index contributed by atoms with van der Waals surface area (Å²) in [7, 11) is 0. The maximum Gasteiger partial charge on any atom is 0.303 e. The Hall–Kier alpha value is -2.29. The summed E-state index contributed by atoms with van der Waals surface area (Å²) in [5.41, 5.74) is 3.46. The van der Waals surface area contributed by atoms with E-state index in [1.807, 2.05) is 30.3 Å². The lowest BCUT2D eigenvalue weighted by Crippen LogP contribution is -2.29. The molecule has 0 bridgehead atoms. The summed E-state index contributed by atoms with van der Waals surface area (Å²) in [6.45, 7) is 0. The lowest BCUT2D eigenvalue weighted by atomic mass is 9.82. The van der Waals surface area contributed by atoms with Crippen LogP contribution in [0.5, 0.6) is 0 Å². The molecule has 2 aromatic carbocycles. The van der Waals surface area contributed by atoms with Crippen LogP contribution >= 0.6 is 0 Å². The summed E-state index contributed by atoms with van der Waals surface area (Å²) in [6.07, 6.45) is 0.982. The van der Waals surface area contributed by atoms with Gasteiger partial charge in [-0.05, 0) is 29.5 Å². The van der Waals surface area contributed by atoms with Crippen LogP contribution in [0.1, 0.15) is 23.6 Å². The highest BCUT2D eigenvalue weighted by atomic mass is 16.4. The van der Waals surface area contributed by atoms with Gasteiger partial charge in [-0.25, -0.2) is 0 Å². The van der Waals surface area contributed by atoms with Crippen molar-refractivity contribution in [1.82, 2.24) is 0 Å². The Bertz CT molecular complexity index is 609. The predicted octanol–water partition coefficient (Wildman–Crippen LogP) is 3.49. The molecule has 0 fully saturated rings. The Labute approximate surface area is 118 Å². The van der Waals surface area contributed by atoms with Crippen LogP contribution in [0.4, 0.5) is 5.69 Å². The molecule has 20 heavy (non-hydrogen) atoms. The fourth-order valence-electron chi connectivity index (χ4n) is 2.96. The molecule has 0 saturated carbocycles. The second-order valence-electron chi connectivity index (χ2n) is 5.25. The number of hydrogen-bond donors (Lipinski definition) is 2. The molecule has 1 aliphatic rings. The first-order valence-corrected chi connectivity index (χ1v) is 6.85. The zero-order valence-electron chi connectivity index (χ0n) is 11.1. The number of carboxylic acid groups (broad SMARTS) is 1. The lowest BCUT2D eigenvalue weighted by molar-refractivity contribution is -0.138. The quantitative estimate of drug-likeness (QED) is 0.895. The molecular formula is C17H17NO2. The summed E-state index contributed by atoms with van der Waals surface area (Å²) in [5, 5.41) is 12.7. The molecule has 1 aliphatic heterocycles. The number of fused-ring (bicyclic) bond motifs is 1. The topological polar surface area (TPSA) is 49.3 Å². The molecule has 0 spiro atoms. The van der Waals surface area contributed by atoms with E-state index in [1.165, 1.54) is 5.56 Å². The van der Waals surface area contributed by atoms with Crippen molar-refractivity contribution in [3.8, 4) is 0 Å². The Morgan fingerprint density at radius 3 is 2.55 bits per heavy atom. The van der Waals surface area contributed by atoms with Crippen LogP contribution in [-0.4, -0.2) is 11.1 Å². The minimum Gasteiger partial charge on any atom is -0.481 e. The highest BCUT2D eigenvalue weighted by Crippen LogP contribution is 2.38. The summed E-state index contributed by atoms with van der Waals surface area (Å²) in [6, 6.07) is 18.3. The van der Waals surface area contributed by atoms with Crippen LogP contribution in [0.3, 0.4) is 0 Å². The standard InChI is InChI=1S/C17H17NO2/c19-16(20)11-14-10-13-8-4-5-9-15(13)18-17(14)12-6-2-1-3-7-12/h1-9,14,17-18H,10-11H2,(H,19,20). The third kappa shape index (κ3) is 2.52. The molecule has 2 aromatic rings. The molecule has 2 atom stereocenters. The molecule has 0 saturated heterocycles. The molecule has 0 radical (unpaired) electrons. The van der Waals surface area contributed by atoms with Crippen molar-refractivity contribution in [2.75, 3.05) is 5.32 Å². The van der Waals surface area contributed by atoms with Crippen LogP contribution in [0.25, 0.3) is 0 Å². The Kier molecular flexibility index (Phi) is 3.42. The number of aliphatic carboxylic acids is 1. The number of carboxylic acids is 1. The van der Waals surface area contributed by atoms with Gasteiger partial charge in [0, 0.05) is 5.69 Å². The molecule has 1 heterocycles. The Morgan fingerprint density at radius 2 is 1.80 bits per heavy atom. The van der Waals surface area contributed by atoms with Gasteiger partial charge in [-0.2, -0.15) is 0 Å². The van der Waals surface area contributed by atoms with Crippen LogP contribution in [0, 0.1) is 5.92 Å². The summed E-state index contributed by atoms with van der Waals surface area (Å²) in [5.74, 6) is -0.665. The van der Waals surface area contributed by atoms with Gasteiger partial charge in [-0.1, -0.05) is 48.5 Å². The average molecular weight is 267 g/mol. The van der Waals surface area contributed by atoms with Gasteiger partial charge >= 0.3 is 5.97 Å². The van der Waals surface area contributed by atoms with Gasteiger partial charge in [0.15, 0.2) is 0 Å². The van der Waals surface area contributed by atoms with E-state index in [9.17, 15) is 4.79 Å². The largest absolute Gasteiger partial charge is 0.481 e. The van der Waals surface area contributed by atoms with Gasteiger partial charge in [-0.15, -0.1) is 0 Å². The van der Waals surface area contributed by atoms with E-state index in [0.717, 1.165) is 17.7 Å². The molecule has 3 heteroatoms. The SMILES string of the molecule is O=C(O)CC1Cc2ccccc2NC1c1ccccc1. The highest BCUT2D eigenvalue weighted by Gasteiger charge is 2.30. The summed E-state index contributed by atoms with van der Waals surface area (Å²) < 4.78 is 0. The number of benzene rings is 2. The van der Waals surface area contributed by atoms with Gasteiger partial charge < -0.3 is 10.4 Å². The molecule has 0 amide bonds. The van der Waals surface area contributed by atoms with Crippen molar-refractivity contribution in [2.45, 2.75) is 18.9 Å². The summed E-state index contributed by atoms with van der Waals surface area (Å²) >= 11 is 0. The molecule has 2 unspecified atom stereocenters. The maximum absolute atomic E-state index is 11.1. The molecule has 0 aliphatic carbocycles. The number of hydrogen-bond acceptors (Lipinski definition) is 2. The number of para-hydroxylation sites is 1. The number of anilines is 1. The van der Waals surface area contributed by atoms with E-state index >= 15 is 0 Å². The molecule has 102 valence electrons. The first-order chi connectivity index (χ1) is 9.74. The minimum absolute atomic E-state index is 0.0576. The number of nitrogens with one attached hydrogen (secondary N) is 1. The van der Waals surface area contributed by atoms with Crippen LogP contribution in [0.15, 0.2) is 54.6 Å². The second-order valence-corrected chi connectivity index (χ2v) is 5.25. The van der Waals surface area contributed by atoms with E-state index in [0.29, 0.717) is 0 Å². The lowest BCUT2D eigenvalue weighted by Gasteiger charge is -2.34. The highest BCUT2D eigenvalue weighted by molar-refractivity contribution is 5.68. The number of carbonyl (C=O) groups is 1. The molecule has 3 rings (SSSR count). The van der Waals surface area contributed by atoms with E-state index in [1.54, 1.807) is 0 Å². The van der Waals surface area contributed by atoms with Gasteiger partial charge in [0.05, 0.1) is 12.5 Å². The fourth-order valence-corrected chi connectivity index (χ4v) is 2.96. The maximum atomic E-state index is 11.1. The fraction of sp³-hybridized carbons (Fsp3) is 0.235. The van der Waals surface area contributed by atoms with Gasteiger partial charge in [-0.3, -0.25) is 4.79 Å². The molecule has 3 nitrogen and oxygen atoms in total. The third-order valence-corrected chi connectivity index (χ3v) is 3.88. The van der Waals surface area contributed by atoms with Crippen molar-refractivity contribution in [3.63, 3.8) is 0 Å². The predicted molar refractivity (Wildman–Crippen MR) is 78.7 cm³/mol. The minimum atomic E-state index is -0.739. The zero-order valence-corrected chi connectivity index (χ0v) is 11.1. The van der Waals surface area contributed by atoms with E-state index in [-0.39, 0.29) is 18.4 Å². The Balaban J connectivity index is 1.95. The van der Waals surface area contributed by atoms with Gasteiger partial charge in [0.1, 0.15) is 0 Å². The van der Waals surface area contributed by atoms with E-state index in [4.69, 9.17) is 5.11 Å². The first kappa shape index (κ1) is 12.7. The van der Waals surface area contributed by atoms with E-state index < -0.39 is 5.97 Å². The van der Waals surface area contributed by atoms with Crippen molar-refractivity contribution in [3.05, 3.63) is 65.7 Å². The third-order valence-electron chi connectivity index (χ3n) is 3.88. The van der Waals surface area contributed by atoms with Crippen molar-refractivity contribution in [2.24, 2.45) is 5.92 Å². The summed E-state index contributed by atoms with van der Waals surface area (Å²) in [4.78, 5) is 11.1. The first-order valence-electron chi connectivity index (χ1n) is 6.85.